The number of hydrogen-bond donors (Lipinski definition) is 5. The van der Waals surface area contributed by atoms with Gasteiger partial charge in [-0.2, -0.15) is 0 Å². The molecule has 4 aromatic heterocycles. The molecule has 5 amide bonds. The van der Waals surface area contributed by atoms with Crippen molar-refractivity contribution in [3.63, 3.8) is 0 Å². The molecule has 4 aliphatic carbocycles. The average Bonchev–Trinajstić information content (AvgIpc) is 1.69. The lowest BCUT2D eigenvalue weighted by molar-refractivity contribution is -0.131. The van der Waals surface area contributed by atoms with E-state index in [0.717, 1.165) is 196 Å². The lowest BCUT2D eigenvalue weighted by Gasteiger charge is -2.27. The maximum absolute atomic E-state index is 13.7. The molecule has 0 bridgehead atoms. The van der Waals surface area contributed by atoms with E-state index in [0.29, 0.717) is 162 Å². The third-order valence-electron chi connectivity index (χ3n) is 29.4. The van der Waals surface area contributed by atoms with E-state index in [1.807, 2.05) is 114 Å². The van der Waals surface area contributed by atoms with E-state index in [2.05, 4.69) is 129 Å². The van der Waals surface area contributed by atoms with Crippen LogP contribution >= 0.6 is 45.3 Å². The van der Waals surface area contributed by atoms with Gasteiger partial charge in [0.2, 0.25) is 29.5 Å². The Morgan fingerprint density at radius 2 is 0.574 bits per heavy atom. The average molecular weight is 2100 g/mol. The Kier molecular flexibility index (Phi) is 51.3. The summed E-state index contributed by atoms with van der Waals surface area (Å²) in [5.74, 6) is -0.562. The monoisotopic (exact) mass is 2100 g/mol. The minimum Gasteiger partial charge on any atom is -0.359 e. The van der Waals surface area contributed by atoms with Crippen molar-refractivity contribution < 1.29 is 57.5 Å². The van der Waals surface area contributed by atoms with Crippen molar-refractivity contribution in [2.24, 2.45) is 47.3 Å². The SMILES string of the molecule is C=C(CN(C)C)C(=O)CC[C@@H](NC(=O)[C@@H](CC(=O)CC)Cc1nc2ccc(CC)cc2s1)C1CCCC1.C=C(CN(C)C)C(=O)CC[C@@H](NC(=O)[C@@H](CC(=O)CCC)Cc1nc2ccc(CC)cc2s1)C1CCCC1.C=C(CN(C)C)C(=O)CC[C@@H](NC(=O)[C@@H](CC(=O)NC)Cc1nc2ccc(CC)cc2s1)C1CCCC1.C=C(CN(C)C)C(=O)CC[C@@H](NC(=O)[C@@H](CC(C)=O)Cc1nc2ccc(CC)cc2s1)C1CCCC1. The molecule has 0 saturated heterocycles. The molecule has 4 aliphatic rings. The molecule has 4 saturated carbocycles. The molecule has 12 rings (SSSR count). The first-order valence-corrected chi connectivity index (χ1v) is 57.9. The van der Waals surface area contributed by atoms with Crippen molar-refractivity contribution in [2.75, 3.05) is 89.6 Å². The maximum atomic E-state index is 13.7. The highest BCUT2D eigenvalue weighted by Gasteiger charge is 2.38. The van der Waals surface area contributed by atoms with Crippen LogP contribution in [0.1, 0.15) is 290 Å². The molecule has 29 heteroatoms. The number of benzene rings is 4. The number of carbonyl (C=O) groups is 12. The molecule has 4 fully saturated rings. The predicted molar refractivity (Wildman–Crippen MR) is 606 cm³/mol. The topological polar surface area (TPSA) is 330 Å². The van der Waals surface area contributed by atoms with E-state index in [4.69, 9.17) is 19.9 Å². The molecular weight excluding hydrogens is 1930 g/mol. The van der Waals surface area contributed by atoms with Crippen LogP contribution in [0.5, 0.6) is 0 Å². The summed E-state index contributed by atoms with van der Waals surface area (Å²) in [6.45, 7) is 31.9. The van der Waals surface area contributed by atoms with Gasteiger partial charge in [0.15, 0.2) is 23.1 Å². The van der Waals surface area contributed by atoms with Gasteiger partial charge >= 0.3 is 0 Å². The Morgan fingerprint density at radius 3 is 0.791 bits per heavy atom. The first-order chi connectivity index (χ1) is 70.7. The number of nitrogens with one attached hydrogen (secondary N) is 5. The lowest BCUT2D eigenvalue weighted by atomic mass is 9.90. The number of hydrogen-bond acceptors (Lipinski definition) is 24. The van der Waals surface area contributed by atoms with Crippen molar-refractivity contribution in [2.45, 2.75) is 323 Å². The van der Waals surface area contributed by atoms with Gasteiger partial charge in [-0.15, -0.1) is 45.3 Å². The van der Waals surface area contributed by atoms with Crippen LogP contribution in [0.25, 0.3) is 40.9 Å². The molecule has 4 aromatic carbocycles. The minimum absolute atomic E-state index is 0.00268. The van der Waals surface area contributed by atoms with Crippen LogP contribution in [-0.2, 0) is 109 Å². The summed E-state index contributed by atoms with van der Waals surface area (Å²) < 4.78 is 4.47. The van der Waals surface area contributed by atoms with Crippen LogP contribution in [0.2, 0.25) is 0 Å². The molecular formula is C119H171N13O12S4. The van der Waals surface area contributed by atoms with E-state index < -0.39 is 23.7 Å². The summed E-state index contributed by atoms with van der Waals surface area (Å²) >= 11 is 6.43. The van der Waals surface area contributed by atoms with E-state index in [1.54, 1.807) is 52.4 Å². The van der Waals surface area contributed by atoms with Gasteiger partial charge in [0.05, 0.1) is 84.6 Å². The molecule has 4 heterocycles. The quantitative estimate of drug-likeness (QED) is 0.0221. The van der Waals surface area contributed by atoms with Gasteiger partial charge in [-0.05, 0) is 267 Å². The van der Waals surface area contributed by atoms with Crippen LogP contribution in [0.3, 0.4) is 0 Å². The number of amides is 5. The molecule has 0 aliphatic heterocycles. The van der Waals surface area contributed by atoms with Gasteiger partial charge in [-0.25, -0.2) is 19.9 Å². The Morgan fingerprint density at radius 1 is 0.338 bits per heavy atom. The highest BCUT2D eigenvalue weighted by Crippen LogP contribution is 2.38. The number of Topliss-reactive ketones (excluding diaryl/α,β-unsaturated/α-hetero) is 7. The first kappa shape index (κ1) is 122. The number of fused-ring (bicyclic) bond motifs is 4. The Balaban J connectivity index is 0.000000219. The number of likely N-dealkylation sites (N-methyl/N-ethyl adjacent to an activating group) is 4. The van der Waals surface area contributed by atoms with Crippen molar-refractivity contribution in [1.29, 1.82) is 0 Å². The highest BCUT2D eigenvalue weighted by atomic mass is 32.1. The number of thiazole rings is 4. The van der Waals surface area contributed by atoms with Gasteiger partial charge in [0.25, 0.3) is 0 Å². The minimum atomic E-state index is -0.519. The van der Waals surface area contributed by atoms with Crippen LogP contribution < -0.4 is 26.6 Å². The van der Waals surface area contributed by atoms with Crippen molar-refractivity contribution >= 4 is 156 Å². The largest absolute Gasteiger partial charge is 0.359 e. The fourth-order valence-electron chi connectivity index (χ4n) is 21.0. The predicted octanol–water partition coefficient (Wildman–Crippen LogP) is 20.9. The van der Waals surface area contributed by atoms with Crippen molar-refractivity contribution in [3.8, 4) is 0 Å². The second-order valence-corrected chi connectivity index (χ2v) is 47.3. The number of nitrogens with zero attached hydrogens (tertiary/aromatic N) is 8. The van der Waals surface area contributed by atoms with Gasteiger partial charge in [0, 0.05) is 170 Å². The maximum Gasteiger partial charge on any atom is 0.224 e. The molecule has 8 aromatic rings. The third kappa shape index (κ3) is 40.1. The van der Waals surface area contributed by atoms with E-state index in [-0.39, 0.29) is 120 Å². The van der Waals surface area contributed by atoms with Crippen molar-refractivity contribution in [1.82, 2.24) is 66.1 Å². The zero-order chi connectivity index (χ0) is 108. The van der Waals surface area contributed by atoms with Crippen LogP contribution in [0, 0.1) is 47.3 Å². The molecule has 8 atom stereocenters. The molecule has 808 valence electrons. The standard InChI is InChI=1S/C31H45N3O3S.C30H43N3O3S.C29H42N4O3S.C29H41N3O3S/c1-6-10-25(35)18-24(19-30-32-27-14-13-22(7-2)17-29(27)38-30)31(37)33-26(23-11-8-9-12-23)15-16-28(36)21(3)20-34(4)5;1-6-21-12-13-26-28(16-21)37-29(31-26)18-23(17-24(34)7-2)30(36)32-25(22-10-8-9-11-22)14-15-27(35)20(3)19-33(4)5;1-6-20-11-12-24-26(15-20)37-28(31-24)17-22(16-27(35)30-3)29(36)32-23(21-9-7-8-10-21)13-14-25(34)19(2)18-33(4)5;1-6-21-11-12-25-27(16-21)36-28(30-25)17-23(15-20(3)33)29(35)31-24(22-9-7-8-10-22)13-14-26(34)19(2)18-32(4)5/h13-14,17,23-24,26H,3,6-12,15-16,18-20H2,1-2,4-5H3,(H,33,37);12-13,16,22-23,25H,3,6-11,14-15,17-19H2,1-2,4-5H3,(H,32,36);11-12,15,21-23H,2,6-10,13-14,16-18H2,1,3-5H3,(H,30,35)(H,32,36);11-12,16,22-24H,2,6-10,13-15,17-18H2,1,3-5H3,(H,31,35)/t24-,26+;23-,25+;22-,23+;23-,24+/m0000/s1. The van der Waals surface area contributed by atoms with Crippen LogP contribution in [0.4, 0.5) is 0 Å². The fourth-order valence-corrected chi connectivity index (χ4v) is 25.4. The Labute approximate surface area is 897 Å². The summed E-state index contributed by atoms with van der Waals surface area (Å²) in [4.78, 5) is 181. The number of rotatable bonds is 59. The summed E-state index contributed by atoms with van der Waals surface area (Å²) in [5.41, 5.74) is 11.2. The fraction of sp³-hybridized carbons (Fsp3) is 0.597. The van der Waals surface area contributed by atoms with Crippen molar-refractivity contribution in [3.05, 3.63) is 164 Å². The second-order valence-electron chi connectivity index (χ2n) is 42.9. The van der Waals surface area contributed by atoms with Gasteiger partial charge in [0.1, 0.15) is 17.3 Å². The summed E-state index contributed by atoms with van der Waals surface area (Å²) in [6.07, 6.45) is 29.7. The van der Waals surface area contributed by atoms with Crippen LogP contribution in [-0.4, -0.2) is 223 Å². The Bertz CT molecular complexity index is 5620. The number of aryl methyl sites for hydroxylation is 4. The second kappa shape index (κ2) is 62.3. The zero-order valence-corrected chi connectivity index (χ0v) is 95.0. The third-order valence-corrected chi connectivity index (χ3v) is 33.6. The van der Waals surface area contributed by atoms with E-state index >= 15 is 0 Å². The molecule has 25 nitrogen and oxygen atoms in total. The van der Waals surface area contributed by atoms with Crippen LogP contribution in [0.15, 0.2) is 121 Å². The van der Waals surface area contributed by atoms with Gasteiger partial charge < -0.3 is 51.0 Å². The first-order valence-electron chi connectivity index (χ1n) is 54.7. The smallest absolute Gasteiger partial charge is 0.224 e. The number of carbonyl (C=O) groups excluding carboxylic acids is 12. The van der Waals surface area contributed by atoms with Gasteiger partial charge in [-0.1, -0.05) is 143 Å². The van der Waals surface area contributed by atoms with E-state index in [1.165, 1.54) is 29.2 Å². The normalized spacial score (nSPS) is 15.7. The summed E-state index contributed by atoms with van der Waals surface area (Å²) in [6, 6.07) is 24.9. The molecule has 0 radical (unpaired) electrons. The zero-order valence-electron chi connectivity index (χ0n) is 91.7. The summed E-state index contributed by atoms with van der Waals surface area (Å²) in [7, 11) is 17.0. The molecule has 0 spiro atoms. The molecule has 148 heavy (non-hydrogen) atoms. The van der Waals surface area contributed by atoms with Gasteiger partial charge in [-0.3, -0.25) is 52.7 Å². The molecule has 5 N–H and O–H groups in total. The number of ketones is 7. The molecule has 0 unspecified atom stereocenters. The Hall–Kier alpha value is -9.72. The highest BCUT2D eigenvalue weighted by molar-refractivity contribution is 7.19. The summed E-state index contributed by atoms with van der Waals surface area (Å²) in [5, 5.41) is 19.3. The lowest BCUT2D eigenvalue weighted by Crippen LogP contribution is -2.44. The number of aromatic nitrogens is 4. The van der Waals surface area contributed by atoms with E-state index in [9.17, 15) is 57.5 Å².